The SMILES string of the molecule is CC1CCC(C(N)=O)CN1CCOc1cccc(N)c1. The minimum Gasteiger partial charge on any atom is -0.492 e. The highest BCUT2D eigenvalue weighted by molar-refractivity contribution is 5.76. The number of ether oxygens (including phenoxy) is 1. The van der Waals surface area contributed by atoms with Crippen molar-refractivity contribution in [3.05, 3.63) is 24.3 Å². The molecule has 1 aromatic carbocycles. The lowest BCUT2D eigenvalue weighted by Crippen LogP contribution is -2.47. The molecule has 0 radical (unpaired) electrons. The predicted molar refractivity (Wildman–Crippen MR) is 79.3 cm³/mol. The maximum absolute atomic E-state index is 11.3. The fourth-order valence-corrected chi connectivity index (χ4v) is 2.61. The standard InChI is InChI=1S/C15H23N3O2/c1-11-5-6-12(15(17)19)10-18(11)7-8-20-14-4-2-3-13(16)9-14/h2-4,9,11-12H,5-8,10,16H2,1H3,(H2,17,19). The molecular weight excluding hydrogens is 254 g/mol. The Hall–Kier alpha value is -1.75. The van der Waals surface area contributed by atoms with Gasteiger partial charge in [-0.3, -0.25) is 9.69 Å². The average molecular weight is 277 g/mol. The first kappa shape index (κ1) is 14.7. The van der Waals surface area contributed by atoms with Crippen molar-refractivity contribution in [2.24, 2.45) is 11.7 Å². The zero-order valence-corrected chi connectivity index (χ0v) is 11.9. The first-order valence-electron chi connectivity index (χ1n) is 7.08. The van der Waals surface area contributed by atoms with E-state index in [2.05, 4.69) is 11.8 Å². The van der Waals surface area contributed by atoms with E-state index in [-0.39, 0.29) is 11.8 Å². The number of piperidine rings is 1. The molecule has 1 fully saturated rings. The Morgan fingerprint density at radius 2 is 2.25 bits per heavy atom. The molecule has 110 valence electrons. The van der Waals surface area contributed by atoms with E-state index in [0.717, 1.165) is 31.7 Å². The topological polar surface area (TPSA) is 81.6 Å². The summed E-state index contributed by atoms with van der Waals surface area (Å²) in [4.78, 5) is 13.6. The van der Waals surface area contributed by atoms with Gasteiger partial charge in [0.05, 0.1) is 5.92 Å². The molecule has 4 N–H and O–H groups in total. The van der Waals surface area contributed by atoms with Gasteiger partial charge in [0.25, 0.3) is 0 Å². The van der Waals surface area contributed by atoms with Gasteiger partial charge in [0.1, 0.15) is 12.4 Å². The van der Waals surface area contributed by atoms with Crippen LogP contribution in [0.25, 0.3) is 0 Å². The van der Waals surface area contributed by atoms with Gasteiger partial charge in [0, 0.05) is 30.9 Å². The monoisotopic (exact) mass is 277 g/mol. The van der Waals surface area contributed by atoms with Gasteiger partial charge >= 0.3 is 0 Å². The van der Waals surface area contributed by atoms with Crippen LogP contribution in [0.15, 0.2) is 24.3 Å². The Bertz CT molecular complexity index is 464. The third-order valence-electron chi connectivity index (χ3n) is 3.92. The van der Waals surface area contributed by atoms with Gasteiger partial charge in [-0.05, 0) is 31.9 Å². The van der Waals surface area contributed by atoms with Gasteiger partial charge in [-0.15, -0.1) is 0 Å². The zero-order chi connectivity index (χ0) is 14.5. The maximum Gasteiger partial charge on any atom is 0.221 e. The number of benzene rings is 1. The second kappa shape index (κ2) is 6.61. The van der Waals surface area contributed by atoms with E-state index >= 15 is 0 Å². The highest BCUT2D eigenvalue weighted by Gasteiger charge is 2.28. The summed E-state index contributed by atoms with van der Waals surface area (Å²) in [5.41, 5.74) is 11.8. The number of rotatable bonds is 5. The highest BCUT2D eigenvalue weighted by atomic mass is 16.5. The first-order chi connectivity index (χ1) is 9.56. The summed E-state index contributed by atoms with van der Waals surface area (Å²) in [6, 6.07) is 7.87. The van der Waals surface area contributed by atoms with Crippen LogP contribution < -0.4 is 16.2 Å². The summed E-state index contributed by atoms with van der Waals surface area (Å²) < 4.78 is 5.70. The Labute approximate surface area is 119 Å². The molecule has 1 heterocycles. The van der Waals surface area contributed by atoms with E-state index in [9.17, 15) is 4.79 Å². The molecule has 1 aliphatic heterocycles. The second-order valence-electron chi connectivity index (χ2n) is 5.44. The van der Waals surface area contributed by atoms with Gasteiger partial charge < -0.3 is 16.2 Å². The first-order valence-corrected chi connectivity index (χ1v) is 7.08. The van der Waals surface area contributed by atoms with Crippen LogP contribution in [0.3, 0.4) is 0 Å². The van der Waals surface area contributed by atoms with Gasteiger partial charge in [-0.1, -0.05) is 6.07 Å². The van der Waals surface area contributed by atoms with E-state index in [1.54, 1.807) is 0 Å². The number of nitrogen functional groups attached to an aromatic ring is 1. The van der Waals surface area contributed by atoms with E-state index < -0.39 is 0 Å². The van der Waals surface area contributed by atoms with Gasteiger partial charge in [-0.2, -0.15) is 0 Å². The smallest absolute Gasteiger partial charge is 0.221 e. The number of nitrogens with two attached hydrogens (primary N) is 2. The van der Waals surface area contributed by atoms with Crippen molar-refractivity contribution in [3.63, 3.8) is 0 Å². The van der Waals surface area contributed by atoms with Gasteiger partial charge in [-0.25, -0.2) is 0 Å². The normalized spacial score (nSPS) is 23.4. The maximum atomic E-state index is 11.3. The third-order valence-corrected chi connectivity index (χ3v) is 3.92. The fraction of sp³-hybridized carbons (Fsp3) is 0.533. The molecule has 2 rings (SSSR count). The van der Waals surface area contributed by atoms with Gasteiger partial charge in [0.15, 0.2) is 0 Å². The third kappa shape index (κ3) is 3.87. The van der Waals surface area contributed by atoms with Crippen LogP contribution in [-0.2, 0) is 4.79 Å². The molecule has 0 spiro atoms. The number of primary amides is 1. The number of anilines is 1. The minimum absolute atomic E-state index is 0.0291. The molecule has 0 bridgehead atoms. The molecule has 1 aromatic rings. The molecule has 2 unspecified atom stereocenters. The molecule has 20 heavy (non-hydrogen) atoms. The molecule has 1 saturated heterocycles. The van der Waals surface area contributed by atoms with Crippen LogP contribution in [0.4, 0.5) is 5.69 Å². The van der Waals surface area contributed by atoms with Crippen LogP contribution in [0.2, 0.25) is 0 Å². The molecule has 0 aromatic heterocycles. The Morgan fingerprint density at radius 1 is 1.45 bits per heavy atom. The summed E-state index contributed by atoms with van der Waals surface area (Å²) in [5, 5.41) is 0. The van der Waals surface area contributed by atoms with Crippen molar-refractivity contribution >= 4 is 11.6 Å². The number of nitrogens with zero attached hydrogens (tertiary/aromatic N) is 1. The lowest BCUT2D eigenvalue weighted by Gasteiger charge is -2.36. The molecule has 1 aliphatic rings. The molecule has 0 saturated carbocycles. The Morgan fingerprint density at radius 3 is 2.95 bits per heavy atom. The van der Waals surface area contributed by atoms with Gasteiger partial charge in [0.2, 0.25) is 5.91 Å². The summed E-state index contributed by atoms with van der Waals surface area (Å²) in [5.74, 6) is 0.554. The van der Waals surface area contributed by atoms with E-state index in [1.165, 1.54) is 0 Å². The fourth-order valence-electron chi connectivity index (χ4n) is 2.61. The molecular formula is C15H23N3O2. The molecule has 2 atom stereocenters. The van der Waals surface area contributed by atoms with Crippen molar-refractivity contribution in [1.82, 2.24) is 4.90 Å². The Balaban J connectivity index is 1.81. The minimum atomic E-state index is -0.196. The Kier molecular flexibility index (Phi) is 4.84. The number of hydrogen-bond donors (Lipinski definition) is 2. The highest BCUT2D eigenvalue weighted by Crippen LogP contribution is 2.21. The second-order valence-corrected chi connectivity index (χ2v) is 5.44. The van der Waals surface area contributed by atoms with Crippen molar-refractivity contribution in [3.8, 4) is 5.75 Å². The van der Waals surface area contributed by atoms with Crippen molar-refractivity contribution < 1.29 is 9.53 Å². The summed E-state index contributed by atoms with van der Waals surface area (Å²) in [7, 11) is 0. The van der Waals surface area contributed by atoms with E-state index in [0.29, 0.717) is 18.3 Å². The number of carbonyl (C=O) groups is 1. The quantitative estimate of drug-likeness (QED) is 0.793. The van der Waals surface area contributed by atoms with E-state index in [4.69, 9.17) is 16.2 Å². The lowest BCUT2D eigenvalue weighted by atomic mass is 9.93. The lowest BCUT2D eigenvalue weighted by molar-refractivity contribution is -0.124. The summed E-state index contributed by atoms with van der Waals surface area (Å²) in [6.07, 6.45) is 1.90. The number of amides is 1. The van der Waals surface area contributed by atoms with Crippen LogP contribution in [0, 0.1) is 5.92 Å². The van der Waals surface area contributed by atoms with Crippen molar-refractivity contribution in [2.75, 3.05) is 25.4 Å². The number of likely N-dealkylation sites (tertiary alicyclic amines) is 1. The number of carbonyl (C=O) groups excluding carboxylic acids is 1. The van der Waals surface area contributed by atoms with Crippen LogP contribution in [0.1, 0.15) is 19.8 Å². The van der Waals surface area contributed by atoms with Crippen LogP contribution >= 0.6 is 0 Å². The van der Waals surface area contributed by atoms with Crippen molar-refractivity contribution in [2.45, 2.75) is 25.8 Å². The largest absolute Gasteiger partial charge is 0.492 e. The van der Waals surface area contributed by atoms with Crippen molar-refractivity contribution in [1.29, 1.82) is 0 Å². The van der Waals surface area contributed by atoms with E-state index in [1.807, 2.05) is 24.3 Å². The predicted octanol–water partition coefficient (Wildman–Crippen LogP) is 1.23. The molecule has 5 heteroatoms. The molecule has 5 nitrogen and oxygen atoms in total. The van der Waals surface area contributed by atoms with Crippen LogP contribution in [-0.4, -0.2) is 36.5 Å². The van der Waals surface area contributed by atoms with Crippen LogP contribution in [0.5, 0.6) is 5.75 Å². The zero-order valence-electron chi connectivity index (χ0n) is 11.9. The average Bonchev–Trinajstić information content (AvgIpc) is 2.40. The summed E-state index contributed by atoms with van der Waals surface area (Å²) in [6.45, 7) is 4.29. The molecule has 1 amide bonds. The summed E-state index contributed by atoms with van der Waals surface area (Å²) >= 11 is 0. The number of hydrogen-bond acceptors (Lipinski definition) is 4. The molecule has 0 aliphatic carbocycles.